The first-order chi connectivity index (χ1) is 7.04. The van der Waals surface area contributed by atoms with Crippen molar-refractivity contribution in [1.29, 1.82) is 0 Å². The number of esters is 1. The summed E-state index contributed by atoms with van der Waals surface area (Å²) < 4.78 is 11.4. The van der Waals surface area contributed by atoms with Gasteiger partial charge in [0.15, 0.2) is 4.67 Å². The van der Waals surface area contributed by atoms with E-state index in [1.807, 2.05) is 0 Å². The molecule has 84 valence electrons. The fourth-order valence-electron chi connectivity index (χ4n) is 1.05. The van der Waals surface area contributed by atoms with E-state index < -0.39 is 6.04 Å². The zero-order valence-corrected chi connectivity index (χ0v) is 11.3. The first-order valence-electron chi connectivity index (χ1n) is 4.40. The summed E-state index contributed by atoms with van der Waals surface area (Å²) in [5.41, 5.74) is 5.77. The average molecular weight is 341 g/mol. The van der Waals surface area contributed by atoms with Gasteiger partial charge in [-0.1, -0.05) is 0 Å². The Morgan fingerprint density at radius 2 is 2.33 bits per heavy atom. The summed E-state index contributed by atoms with van der Waals surface area (Å²) >= 11 is 6.46. The zero-order chi connectivity index (χ0) is 11.4. The first-order valence-corrected chi connectivity index (χ1v) is 5.99. The SMILES string of the molecule is CCOC(=O)C[C@@H](N)c1cc(Br)c(Br)o1. The van der Waals surface area contributed by atoms with Crippen LogP contribution in [0.25, 0.3) is 0 Å². The van der Waals surface area contributed by atoms with E-state index in [0.29, 0.717) is 17.0 Å². The van der Waals surface area contributed by atoms with E-state index in [9.17, 15) is 4.79 Å². The van der Waals surface area contributed by atoms with Gasteiger partial charge in [0, 0.05) is 0 Å². The van der Waals surface area contributed by atoms with Crippen molar-refractivity contribution in [3.05, 3.63) is 21.0 Å². The molecular formula is C9H11Br2NO3. The average Bonchev–Trinajstić information content (AvgIpc) is 2.47. The molecule has 15 heavy (non-hydrogen) atoms. The highest BCUT2D eigenvalue weighted by atomic mass is 79.9. The Bertz CT molecular complexity index is 332. The van der Waals surface area contributed by atoms with E-state index in [0.717, 1.165) is 4.47 Å². The maximum absolute atomic E-state index is 11.2. The third-order valence-corrected chi connectivity index (χ3v) is 3.43. The van der Waals surface area contributed by atoms with Crippen molar-refractivity contribution in [1.82, 2.24) is 0 Å². The quantitative estimate of drug-likeness (QED) is 0.856. The second-order valence-corrected chi connectivity index (χ2v) is 4.46. The maximum atomic E-state index is 11.2. The molecule has 0 fully saturated rings. The minimum atomic E-state index is -0.480. The van der Waals surface area contributed by atoms with Gasteiger partial charge in [0.05, 0.1) is 23.5 Å². The van der Waals surface area contributed by atoms with Crippen molar-refractivity contribution in [2.45, 2.75) is 19.4 Å². The van der Waals surface area contributed by atoms with E-state index >= 15 is 0 Å². The molecule has 1 atom stereocenters. The van der Waals surface area contributed by atoms with Crippen LogP contribution in [0.5, 0.6) is 0 Å². The molecule has 6 heteroatoms. The van der Waals surface area contributed by atoms with E-state index in [4.69, 9.17) is 14.9 Å². The van der Waals surface area contributed by atoms with Crippen LogP contribution < -0.4 is 5.73 Å². The Morgan fingerprint density at radius 1 is 1.67 bits per heavy atom. The second-order valence-electron chi connectivity index (χ2n) is 2.89. The molecule has 0 aliphatic heterocycles. The number of rotatable bonds is 4. The largest absolute Gasteiger partial charge is 0.466 e. The maximum Gasteiger partial charge on any atom is 0.307 e. The number of furan rings is 1. The fraction of sp³-hybridized carbons (Fsp3) is 0.444. The normalized spacial score (nSPS) is 12.5. The van der Waals surface area contributed by atoms with Crippen LogP contribution in [0, 0.1) is 0 Å². The zero-order valence-electron chi connectivity index (χ0n) is 8.13. The van der Waals surface area contributed by atoms with Crippen LogP contribution in [0.2, 0.25) is 0 Å². The molecule has 0 saturated carbocycles. The van der Waals surface area contributed by atoms with Gasteiger partial charge in [0.2, 0.25) is 0 Å². The summed E-state index contributed by atoms with van der Waals surface area (Å²) in [7, 11) is 0. The van der Waals surface area contributed by atoms with E-state index in [-0.39, 0.29) is 12.4 Å². The molecule has 1 heterocycles. The Balaban J connectivity index is 2.60. The Labute approximate surface area is 104 Å². The molecule has 0 bridgehead atoms. The predicted molar refractivity (Wildman–Crippen MR) is 62.3 cm³/mol. The number of halogens is 2. The molecule has 0 amide bonds. The van der Waals surface area contributed by atoms with Crippen molar-refractivity contribution >= 4 is 37.8 Å². The summed E-state index contributed by atoms with van der Waals surface area (Å²) in [5, 5.41) is 0. The highest BCUT2D eigenvalue weighted by Crippen LogP contribution is 2.30. The van der Waals surface area contributed by atoms with Crippen LogP contribution >= 0.6 is 31.9 Å². The molecule has 0 spiro atoms. The summed E-state index contributed by atoms with van der Waals surface area (Å²) in [5.74, 6) is 0.218. The lowest BCUT2D eigenvalue weighted by atomic mass is 10.2. The minimum Gasteiger partial charge on any atom is -0.466 e. The minimum absolute atomic E-state index is 0.111. The predicted octanol–water partition coefficient (Wildman–Crippen LogP) is 2.76. The molecule has 4 nitrogen and oxygen atoms in total. The fourth-order valence-corrected chi connectivity index (χ4v) is 1.65. The lowest BCUT2D eigenvalue weighted by Crippen LogP contribution is -2.16. The molecule has 0 unspecified atom stereocenters. The van der Waals surface area contributed by atoms with Gasteiger partial charge in [-0.15, -0.1) is 0 Å². The Kier molecular flexibility index (Phi) is 4.82. The van der Waals surface area contributed by atoms with Crippen molar-refractivity contribution in [3.8, 4) is 0 Å². The molecule has 2 N–H and O–H groups in total. The van der Waals surface area contributed by atoms with Crippen molar-refractivity contribution in [2.75, 3.05) is 6.61 Å². The molecule has 0 aliphatic rings. The van der Waals surface area contributed by atoms with Gasteiger partial charge in [-0.25, -0.2) is 0 Å². The van der Waals surface area contributed by atoms with Gasteiger partial charge >= 0.3 is 5.97 Å². The van der Waals surface area contributed by atoms with Crippen molar-refractivity contribution < 1.29 is 13.9 Å². The topological polar surface area (TPSA) is 65.5 Å². The van der Waals surface area contributed by atoms with Crippen LogP contribution in [0.4, 0.5) is 0 Å². The van der Waals surface area contributed by atoms with Gasteiger partial charge < -0.3 is 14.9 Å². The highest BCUT2D eigenvalue weighted by molar-refractivity contribution is 9.13. The van der Waals surface area contributed by atoms with Gasteiger partial charge in [0.25, 0.3) is 0 Å². The lowest BCUT2D eigenvalue weighted by molar-refractivity contribution is -0.143. The number of nitrogens with two attached hydrogens (primary N) is 1. The van der Waals surface area contributed by atoms with Crippen LogP contribution in [0.3, 0.4) is 0 Å². The van der Waals surface area contributed by atoms with Gasteiger partial charge in [0.1, 0.15) is 5.76 Å². The van der Waals surface area contributed by atoms with E-state index in [1.165, 1.54) is 0 Å². The smallest absolute Gasteiger partial charge is 0.307 e. The summed E-state index contributed by atoms with van der Waals surface area (Å²) in [6.07, 6.45) is 0.111. The van der Waals surface area contributed by atoms with Crippen LogP contribution in [0.15, 0.2) is 19.6 Å². The van der Waals surface area contributed by atoms with Gasteiger partial charge in [-0.2, -0.15) is 0 Å². The third-order valence-electron chi connectivity index (χ3n) is 1.72. The molecular weight excluding hydrogens is 330 g/mol. The van der Waals surface area contributed by atoms with Crippen molar-refractivity contribution in [3.63, 3.8) is 0 Å². The van der Waals surface area contributed by atoms with Crippen LogP contribution in [0.1, 0.15) is 25.1 Å². The summed E-state index contributed by atoms with van der Waals surface area (Å²) in [6.45, 7) is 2.11. The number of hydrogen-bond donors (Lipinski definition) is 1. The molecule has 1 rings (SSSR count). The summed E-state index contributed by atoms with van der Waals surface area (Å²) in [6, 6.07) is 1.25. The highest BCUT2D eigenvalue weighted by Gasteiger charge is 2.17. The third kappa shape index (κ3) is 3.62. The monoisotopic (exact) mass is 339 g/mol. The van der Waals surface area contributed by atoms with Crippen molar-refractivity contribution in [2.24, 2.45) is 5.73 Å². The van der Waals surface area contributed by atoms with E-state index in [2.05, 4.69) is 31.9 Å². The summed E-state index contributed by atoms with van der Waals surface area (Å²) in [4.78, 5) is 11.2. The first kappa shape index (κ1) is 12.7. The number of hydrogen-bond acceptors (Lipinski definition) is 4. The van der Waals surface area contributed by atoms with E-state index in [1.54, 1.807) is 13.0 Å². The molecule has 0 aliphatic carbocycles. The number of ether oxygens (including phenoxy) is 1. The molecule has 1 aromatic rings. The molecule has 0 radical (unpaired) electrons. The van der Waals surface area contributed by atoms with Gasteiger partial charge in [-0.3, -0.25) is 4.79 Å². The molecule has 1 aromatic heterocycles. The second kappa shape index (κ2) is 5.67. The molecule has 0 saturated heterocycles. The lowest BCUT2D eigenvalue weighted by Gasteiger charge is -2.07. The van der Waals surface area contributed by atoms with Gasteiger partial charge in [-0.05, 0) is 44.8 Å². The Morgan fingerprint density at radius 3 is 2.80 bits per heavy atom. The standard InChI is InChI=1S/C9H11Br2NO3/c1-2-14-8(13)4-6(12)7-3-5(10)9(11)15-7/h3,6H,2,4,12H2,1H3/t6-/m1/s1. The Hall–Kier alpha value is -0.330. The number of carbonyl (C=O) groups excluding carboxylic acids is 1. The van der Waals surface area contributed by atoms with Crippen LogP contribution in [-0.2, 0) is 9.53 Å². The number of carbonyl (C=O) groups is 1. The van der Waals surface area contributed by atoms with Crippen LogP contribution in [-0.4, -0.2) is 12.6 Å². The molecule has 0 aromatic carbocycles.